The fraction of sp³-hybridized carbons (Fsp3) is 0.500. The van der Waals surface area contributed by atoms with E-state index >= 15 is 0 Å². The number of halogens is 1. The highest BCUT2D eigenvalue weighted by atomic mass is 35.5. The molecule has 1 aromatic carbocycles. The summed E-state index contributed by atoms with van der Waals surface area (Å²) in [4.78, 5) is 11.7. The van der Waals surface area contributed by atoms with E-state index in [4.69, 9.17) is 26.8 Å². The van der Waals surface area contributed by atoms with E-state index in [2.05, 4.69) is 5.32 Å². The summed E-state index contributed by atoms with van der Waals surface area (Å²) in [6.45, 7) is 1.74. The predicted octanol–water partition coefficient (Wildman–Crippen LogP) is 1.64. The van der Waals surface area contributed by atoms with Gasteiger partial charge in [0.05, 0.1) is 5.02 Å². The number of rotatable bonds is 5. The summed E-state index contributed by atoms with van der Waals surface area (Å²) in [5.41, 5.74) is 6.20. The fourth-order valence-corrected chi connectivity index (χ4v) is 2.56. The number of fused-ring (bicyclic) bond motifs is 1. The van der Waals surface area contributed by atoms with E-state index < -0.39 is 11.9 Å². The normalized spacial score (nSPS) is 18.6. The molecule has 2 aliphatic rings. The summed E-state index contributed by atoms with van der Waals surface area (Å²) < 4.78 is 11.0. The lowest BCUT2D eigenvalue weighted by Crippen LogP contribution is -2.34. The van der Waals surface area contributed by atoms with Gasteiger partial charge >= 0.3 is 0 Å². The Morgan fingerprint density at radius 1 is 1.40 bits per heavy atom. The second-order valence-corrected chi connectivity index (χ2v) is 5.62. The predicted molar refractivity (Wildman–Crippen MR) is 75.1 cm³/mol. The molecular weight excluding hydrogens is 280 g/mol. The van der Waals surface area contributed by atoms with Crippen LogP contribution in [0.1, 0.15) is 24.4 Å². The van der Waals surface area contributed by atoms with Gasteiger partial charge in [-0.25, -0.2) is 0 Å². The van der Waals surface area contributed by atoms with Crippen molar-refractivity contribution in [2.24, 2.45) is 11.7 Å². The Morgan fingerprint density at radius 2 is 2.15 bits per heavy atom. The van der Waals surface area contributed by atoms with E-state index in [9.17, 15) is 4.79 Å². The van der Waals surface area contributed by atoms with Gasteiger partial charge in [-0.15, -0.1) is 0 Å². The maximum atomic E-state index is 11.7. The van der Waals surface area contributed by atoms with Gasteiger partial charge < -0.3 is 20.5 Å². The highest BCUT2D eigenvalue weighted by Crippen LogP contribution is 2.39. The van der Waals surface area contributed by atoms with E-state index in [-0.39, 0.29) is 0 Å². The second kappa shape index (κ2) is 5.50. The summed E-state index contributed by atoms with van der Waals surface area (Å²) >= 11 is 6.19. The van der Waals surface area contributed by atoms with Crippen LogP contribution in [-0.4, -0.2) is 25.7 Å². The number of carbonyl (C=O) groups excluding carboxylic acids is 1. The number of hydrogen-bond donors (Lipinski definition) is 2. The summed E-state index contributed by atoms with van der Waals surface area (Å²) in [5, 5.41) is 3.64. The van der Waals surface area contributed by atoms with Crippen LogP contribution in [-0.2, 0) is 4.79 Å². The van der Waals surface area contributed by atoms with Crippen LogP contribution in [0.25, 0.3) is 0 Å². The molecule has 108 valence electrons. The topological polar surface area (TPSA) is 73.6 Å². The van der Waals surface area contributed by atoms with E-state index in [1.54, 1.807) is 12.1 Å². The summed E-state index contributed by atoms with van der Waals surface area (Å²) in [6, 6.07) is 2.93. The van der Waals surface area contributed by atoms with Gasteiger partial charge in [0.2, 0.25) is 5.91 Å². The number of nitrogens with one attached hydrogen (secondary N) is 1. The molecule has 0 aromatic heterocycles. The molecular formula is C14H17ClN2O3. The Hall–Kier alpha value is -1.46. The smallest absolute Gasteiger partial charge is 0.239 e. The van der Waals surface area contributed by atoms with Crippen molar-refractivity contribution in [3.8, 4) is 11.5 Å². The molecule has 3 rings (SSSR count). The van der Waals surface area contributed by atoms with Gasteiger partial charge in [0, 0.05) is 0 Å². The van der Waals surface area contributed by atoms with Gasteiger partial charge in [-0.1, -0.05) is 11.6 Å². The number of ether oxygens (including phenoxy) is 2. The number of hydrogen-bond acceptors (Lipinski definition) is 4. The first-order chi connectivity index (χ1) is 9.65. The second-order valence-electron chi connectivity index (χ2n) is 5.21. The van der Waals surface area contributed by atoms with Gasteiger partial charge in [-0.2, -0.15) is 0 Å². The molecule has 6 heteroatoms. The molecule has 1 heterocycles. The molecule has 3 N–H and O–H groups in total. The highest BCUT2D eigenvalue weighted by molar-refractivity contribution is 6.32. The molecule has 0 saturated heterocycles. The van der Waals surface area contributed by atoms with Crippen LogP contribution in [0.4, 0.5) is 0 Å². The van der Waals surface area contributed by atoms with Crippen LogP contribution < -0.4 is 20.5 Å². The Morgan fingerprint density at radius 3 is 2.85 bits per heavy atom. The third-order valence-corrected chi connectivity index (χ3v) is 3.83. The van der Waals surface area contributed by atoms with Crippen molar-refractivity contribution < 1.29 is 14.3 Å². The molecule has 1 unspecified atom stereocenters. The van der Waals surface area contributed by atoms with Crippen molar-refractivity contribution >= 4 is 17.5 Å². The monoisotopic (exact) mass is 296 g/mol. The van der Waals surface area contributed by atoms with Crippen molar-refractivity contribution in [2.45, 2.75) is 18.9 Å². The molecule has 5 nitrogen and oxygen atoms in total. The molecule has 0 radical (unpaired) electrons. The standard InChI is InChI=1S/C14H17ClN2O3/c15-10-5-9(6-11-13(10)20-4-3-19-11)12(14(16)18)17-7-8-1-2-8/h5-6,8,12,17H,1-4,7H2,(H2,16,18). The maximum Gasteiger partial charge on any atom is 0.239 e. The minimum absolute atomic E-state index is 0.418. The summed E-state index contributed by atoms with van der Waals surface area (Å²) in [5.74, 6) is 1.34. The van der Waals surface area contributed by atoms with Crippen molar-refractivity contribution in [3.63, 3.8) is 0 Å². The van der Waals surface area contributed by atoms with Crippen LogP contribution in [0.3, 0.4) is 0 Å². The number of carbonyl (C=O) groups is 1. The fourth-order valence-electron chi connectivity index (χ4n) is 2.29. The average molecular weight is 297 g/mol. The number of primary amides is 1. The van der Waals surface area contributed by atoms with Crippen LogP contribution in [0.2, 0.25) is 5.02 Å². The zero-order valence-electron chi connectivity index (χ0n) is 11.0. The highest BCUT2D eigenvalue weighted by Gasteiger charge is 2.27. The van der Waals surface area contributed by atoms with Gasteiger partial charge in [-0.05, 0) is 43.0 Å². The lowest BCUT2D eigenvalue weighted by atomic mass is 10.0. The summed E-state index contributed by atoms with van der Waals surface area (Å²) in [7, 11) is 0. The van der Waals surface area contributed by atoms with Crippen LogP contribution in [0.15, 0.2) is 12.1 Å². The quantitative estimate of drug-likeness (QED) is 0.866. The van der Waals surface area contributed by atoms with Crippen LogP contribution in [0, 0.1) is 5.92 Å². The molecule has 0 spiro atoms. The van der Waals surface area contributed by atoms with E-state index in [1.807, 2.05) is 0 Å². The van der Waals surface area contributed by atoms with E-state index in [0.717, 1.165) is 6.54 Å². The minimum atomic E-state index is -0.552. The SMILES string of the molecule is NC(=O)C(NCC1CC1)c1cc(Cl)c2c(c1)OCCO2. The zero-order chi connectivity index (χ0) is 14.1. The van der Waals surface area contributed by atoms with Crippen molar-refractivity contribution in [3.05, 3.63) is 22.7 Å². The molecule has 1 aliphatic heterocycles. The van der Waals surface area contributed by atoms with Crippen LogP contribution in [0.5, 0.6) is 11.5 Å². The molecule has 20 heavy (non-hydrogen) atoms. The van der Waals surface area contributed by atoms with Crippen LogP contribution >= 0.6 is 11.6 Å². The molecule has 1 aliphatic carbocycles. The Bertz CT molecular complexity index is 531. The van der Waals surface area contributed by atoms with Gasteiger partial charge in [0.15, 0.2) is 11.5 Å². The number of benzene rings is 1. The maximum absolute atomic E-state index is 11.7. The van der Waals surface area contributed by atoms with Crippen molar-refractivity contribution in [2.75, 3.05) is 19.8 Å². The lowest BCUT2D eigenvalue weighted by Gasteiger charge is -2.22. The molecule has 1 saturated carbocycles. The Balaban J connectivity index is 1.85. The van der Waals surface area contributed by atoms with E-state index in [0.29, 0.717) is 41.2 Å². The van der Waals surface area contributed by atoms with Gasteiger partial charge in [0.25, 0.3) is 0 Å². The van der Waals surface area contributed by atoms with Crippen molar-refractivity contribution in [1.29, 1.82) is 0 Å². The summed E-state index contributed by atoms with van der Waals surface area (Å²) in [6.07, 6.45) is 2.42. The van der Waals surface area contributed by atoms with Crippen molar-refractivity contribution in [1.82, 2.24) is 5.32 Å². The number of nitrogens with two attached hydrogens (primary N) is 1. The minimum Gasteiger partial charge on any atom is -0.486 e. The zero-order valence-corrected chi connectivity index (χ0v) is 11.8. The lowest BCUT2D eigenvalue weighted by molar-refractivity contribution is -0.120. The molecule has 1 fully saturated rings. The first kappa shape index (κ1) is 13.5. The Labute approximate surface area is 122 Å². The Kier molecular flexibility index (Phi) is 3.72. The van der Waals surface area contributed by atoms with E-state index in [1.165, 1.54) is 12.8 Å². The van der Waals surface area contributed by atoms with Gasteiger partial charge in [-0.3, -0.25) is 4.79 Å². The first-order valence-electron chi connectivity index (χ1n) is 6.77. The third-order valence-electron chi connectivity index (χ3n) is 3.54. The van der Waals surface area contributed by atoms with Gasteiger partial charge in [0.1, 0.15) is 19.3 Å². The molecule has 0 bridgehead atoms. The number of amides is 1. The molecule has 1 amide bonds. The molecule has 1 atom stereocenters. The third kappa shape index (κ3) is 2.83. The average Bonchev–Trinajstić information content (AvgIpc) is 3.23. The molecule has 1 aromatic rings. The first-order valence-corrected chi connectivity index (χ1v) is 7.14. The largest absolute Gasteiger partial charge is 0.486 e.